The summed E-state index contributed by atoms with van der Waals surface area (Å²) >= 11 is 0. The molecule has 1 saturated carbocycles. The van der Waals surface area contributed by atoms with Gasteiger partial charge in [0, 0.05) is 38.6 Å². The molecule has 158 valence electrons. The van der Waals surface area contributed by atoms with E-state index in [0.717, 1.165) is 31.1 Å². The third-order valence-electron chi connectivity index (χ3n) is 6.39. The van der Waals surface area contributed by atoms with Gasteiger partial charge in [0.05, 0.1) is 11.7 Å². The highest BCUT2D eigenvalue weighted by atomic mass is 16.5. The first-order valence-electron chi connectivity index (χ1n) is 10.9. The van der Waals surface area contributed by atoms with Crippen LogP contribution in [0.4, 0.5) is 0 Å². The Hall–Kier alpha value is -1.99. The summed E-state index contributed by atoms with van der Waals surface area (Å²) in [6, 6.07) is 1.82. The number of hydrogen-bond acceptors (Lipinski definition) is 5. The van der Waals surface area contributed by atoms with Crippen molar-refractivity contribution in [3.05, 3.63) is 29.6 Å². The maximum Gasteiger partial charge on any atom is 0.253 e. The summed E-state index contributed by atoms with van der Waals surface area (Å²) in [6.07, 6.45) is 8.23. The van der Waals surface area contributed by atoms with Crippen molar-refractivity contribution in [3.8, 4) is 0 Å². The SMILES string of the molecule is Cc1ccncc1C(=O)NCC1CN(CC2CCN(CC3CC3)CC2)C(=O)CO1. The van der Waals surface area contributed by atoms with Crippen molar-refractivity contribution in [2.75, 3.05) is 45.9 Å². The number of likely N-dealkylation sites (tertiary alicyclic amines) is 1. The van der Waals surface area contributed by atoms with Gasteiger partial charge in [0.1, 0.15) is 6.61 Å². The zero-order valence-corrected chi connectivity index (χ0v) is 17.3. The number of aromatic nitrogens is 1. The lowest BCUT2D eigenvalue weighted by molar-refractivity contribution is -0.149. The number of nitrogens with zero attached hydrogens (tertiary/aromatic N) is 3. The van der Waals surface area contributed by atoms with E-state index >= 15 is 0 Å². The average molecular weight is 401 g/mol. The van der Waals surface area contributed by atoms with Crippen molar-refractivity contribution >= 4 is 11.8 Å². The number of aryl methyl sites for hydroxylation is 1. The first kappa shape index (κ1) is 20.3. The van der Waals surface area contributed by atoms with Gasteiger partial charge in [-0.3, -0.25) is 14.6 Å². The van der Waals surface area contributed by atoms with E-state index in [1.807, 2.05) is 17.9 Å². The van der Waals surface area contributed by atoms with Crippen LogP contribution >= 0.6 is 0 Å². The number of carbonyl (C=O) groups is 2. The molecule has 1 aromatic heterocycles. The summed E-state index contributed by atoms with van der Waals surface area (Å²) in [5, 5.41) is 2.93. The monoisotopic (exact) mass is 400 g/mol. The van der Waals surface area contributed by atoms with Gasteiger partial charge in [-0.15, -0.1) is 0 Å². The van der Waals surface area contributed by atoms with Gasteiger partial charge < -0.3 is 19.9 Å². The summed E-state index contributed by atoms with van der Waals surface area (Å²) in [5.41, 5.74) is 1.47. The molecule has 1 unspecified atom stereocenters. The summed E-state index contributed by atoms with van der Waals surface area (Å²) in [7, 11) is 0. The number of morpholine rings is 1. The first-order valence-corrected chi connectivity index (χ1v) is 10.9. The predicted molar refractivity (Wildman–Crippen MR) is 110 cm³/mol. The van der Waals surface area contributed by atoms with Gasteiger partial charge in [0.2, 0.25) is 5.91 Å². The van der Waals surface area contributed by atoms with Crippen molar-refractivity contribution in [2.24, 2.45) is 11.8 Å². The Morgan fingerprint density at radius 3 is 2.69 bits per heavy atom. The molecule has 2 amide bonds. The maximum absolute atomic E-state index is 12.4. The van der Waals surface area contributed by atoms with Crippen LogP contribution in [-0.2, 0) is 9.53 Å². The molecule has 3 heterocycles. The zero-order chi connectivity index (χ0) is 20.2. The number of amides is 2. The fourth-order valence-electron chi connectivity index (χ4n) is 4.31. The second-order valence-electron chi connectivity index (χ2n) is 8.82. The molecule has 1 aliphatic carbocycles. The molecule has 0 radical (unpaired) electrons. The van der Waals surface area contributed by atoms with E-state index in [2.05, 4.69) is 15.2 Å². The van der Waals surface area contributed by atoms with E-state index in [1.165, 1.54) is 32.2 Å². The van der Waals surface area contributed by atoms with E-state index in [4.69, 9.17) is 4.74 Å². The molecule has 0 aromatic carbocycles. The van der Waals surface area contributed by atoms with Gasteiger partial charge in [-0.1, -0.05) is 0 Å². The van der Waals surface area contributed by atoms with Crippen LogP contribution in [0.2, 0.25) is 0 Å². The molecule has 2 saturated heterocycles. The van der Waals surface area contributed by atoms with Crippen molar-refractivity contribution in [2.45, 2.75) is 38.7 Å². The smallest absolute Gasteiger partial charge is 0.253 e. The van der Waals surface area contributed by atoms with Crippen molar-refractivity contribution in [1.29, 1.82) is 0 Å². The predicted octanol–water partition coefficient (Wildman–Crippen LogP) is 1.47. The first-order chi connectivity index (χ1) is 14.1. The van der Waals surface area contributed by atoms with Gasteiger partial charge in [0.15, 0.2) is 0 Å². The molecule has 4 rings (SSSR count). The lowest BCUT2D eigenvalue weighted by Gasteiger charge is -2.38. The minimum Gasteiger partial charge on any atom is -0.365 e. The van der Waals surface area contributed by atoms with Crippen LogP contribution in [0.5, 0.6) is 0 Å². The van der Waals surface area contributed by atoms with Crippen molar-refractivity contribution in [3.63, 3.8) is 0 Å². The third kappa shape index (κ3) is 5.54. The Balaban J connectivity index is 1.22. The number of piperidine rings is 1. The molecule has 1 atom stereocenters. The average Bonchev–Trinajstić information content (AvgIpc) is 3.54. The standard InChI is InChI=1S/C22H32N4O3/c1-16-4-7-23-11-20(16)22(28)24-10-19-14-26(21(27)15-29-19)13-18-5-8-25(9-6-18)12-17-2-3-17/h4,7,11,17-19H,2-3,5-6,8-10,12-15H2,1H3,(H,24,28). The number of ether oxygens (including phenoxy) is 1. The summed E-state index contributed by atoms with van der Waals surface area (Å²) in [4.78, 5) is 33.3. The van der Waals surface area contributed by atoms with Crippen LogP contribution in [0.1, 0.15) is 41.6 Å². The largest absolute Gasteiger partial charge is 0.365 e. The number of carbonyl (C=O) groups excluding carboxylic acids is 2. The van der Waals surface area contributed by atoms with Gasteiger partial charge >= 0.3 is 0 Å². The molecule has 0 spiro atoms. The quantitative estimate of drug-likeness (QED) is 0.750. The second kappa shape index (κ2) is 9.22. The Morgan fingerprint density at radius 1 is 1.21 bits per heavy atom. The Kier molecular flexibility index (Phi) is 6.45. The van der Waals surface area contributed by atoms with Crippen LogP contribution in [0, 0.1) is 18.8 Å². The lowest BCUT2D eigenvalue weighted by atomic mass is 9.95. The highest BCUT2D eigenvalue weighted by Gasteiger charge is 2.31. The van der Waals surface area contributed by atoms with Crippen LogP contribution in [0.3, 0.4) is 0 Å². The lowest BCUT2D eigenvalue weighted by Crippen LogP contribution is -2.52. The van der Waals surface area contributed by atoms with Gasteiger partial charge in [-0.05, 0) is 69.2 Å². The van der Waals surface area contributed by atoms with Crippen molar-refractivity contribution in [1.82, 2.24) is 20.1 Å². The van der Waals surface area contributed by atoms with Crippen LogP contribution in [0.15, 0.2) is 18.5 Å². The fourth-order valence-corrected chi connectivity index (χ4v) is 4.31. The molecule has 3 aliphatic rings. The number of rotatable bonds is 7. The highest BCUT2D eigenvalue weighted by Crippen LogP contribution is 2.31. The van der Waals surface area contributed by atoms with Gasteiger partial charge in [0.25, 0.3) is 5.91 Å². The molecular weight excluding hydrogens is 368 g/mol. The van der Waals surface area contributed by atoms with E-state index in [1.54, 1.807) is 12.4 Å². The van der Waals surface area contributed by atoms with E-state index in [9.17, 15) is 9.59 Å². The van der Waals surface area contributed by atoms with Gasteiger partial charge in [-0.25, -0.2) is 0 Å². The summed E-state index contributed by atoms with van der Waals surface area (Å²) in [6.45, 7) is 7.33. The minimum absolute atomic E-state index is 0.0658. The number of pyridine rings is 1. The molecule has 29 heavy (non-hydrogen) atoms. The molecular formula is C22H32N4O3. The van der Waals surface area contributed by atoms with Crippen LogP contribution in [-0.4, -0.2) is 78.6 Å². The molecule has 7 nitrogen and oxygen atoms in total. The maximum atomic E-state index is 12.4. The third-order valence-corrected chi connectivity index (χ3v) is 6.39. The molecule has 1 N–H and O–H groups in total. The molecule has 0 bridgehead atoms. The number of hydrogen-bond donors (Lipinski definition) is 1. The molecule has 7 heteroatoms. The normalized spacial score (nSPS) is 24.0. The number of nitrogens with one attached hydrogen (secondary N) is 1. The Labute approximate surface area is 172 Å². The molecule has 1 aromatic rings. The minimum atomic E-state index is -0.163. The summed E-state index contributed by atoms with van der Waals surface area (Å²) in [5.74, 6) is 1.43. The molecule has 2 aliphatic heterocycles. The second-order valence-corrected chi connectivity index (χ2v) is 8.82. The van der Waals surface area contributed by atoms with Crippen LogP contribution < -0.4 is 5.32 Å². The summed E-state index contributed by atoms with van der Waals surface area (Å²) < 4.78 is 5.66. The van der Waals surface area contributed by atoms with Gasteiger partial charge in [-0.2, -0.15) is 0 Å². The van der Waals surface area contributed by atoms with E-state index in [0.29, 0.717) is 24.6 Å². The Morgan fingerprint density at radius 2 is 1.97 bits per heavy atom. The highest BCUT2D eigenvalue weighted by molar-refractivity contribution is 5.95. The fraction of sp³-hybridized carbons (Fsp3) is 0.682. The zero-order valence-electron chi connectivity index (χ0n) is 17.3. The topological polar surface area (TPSA) is 74.8 Å². The van der Waals surface area contributed by atoms with E-state index < -0.39 is 0 Å². The van der Waals surface area contributed by atoms with Crippen LogP contribution in [0.25, 0.3) is 0 Å². The van der Waals surface area contributed by atoms with Crippen molar-refractivity contribution < 1.29 is 14.3 Å². The molecule has 3 fully saturated rings. The van der Waals surface area contributed by atoms with E-state index in [-0.39, 0.29) is 24.5 Å². The Bertz CT molecular complexity index is 729.